The van der Waals surface area contributed by atoms with Crippen LogP contribution in [0.5, 0.6) is 0 Å². The minimum absolute atomic E-state index is 0.288. The Hall–Kier alpha value is 0.701. The Bertz CT molecular complexity index is 552. The average molecular weight is 783 g/mol. The number of carbonyl (C=O) groups excluding carboxylic acids is 1. The molecular weight excluding hydrogens is 773 g/mol. The molecule has 2 aromatic rings. The molecule has 0 radical (unpaired) electrons. The van der Waals surface area contributed by atoms with Gasteiger partial charge >= 0.3 is 78.7 Å². The third-order valence-electron chi connectivity index (χ3n) is 1.99. The number of hydrogen-bond acceptors (Lipinski definition) is 3. The summed E-state index contributed by atoms with van der Waals surface area (Å²) >= 11 is -1.25. The van der Waals surface area contributed by atoms with Crippen LogP contribution in [0, 0.1) is 0 Å². The summed E-state index contributed by atoms with van der Waals surface area (Å²) in [6.45, 7) is 0.288. The van der Waals surface area contributed by atoms with Gasteiger partial charge in [0, 0.05) is 18.1 Å². The van der Waals surface area contributed by atoms with E-state index in [0.717, 1.165) is 5.69 Å². The van der Waals surface area contributed by atoms with Crippen molar-refractivity contribution in [2.24, 2.45) is 0 Å². The number of hydrogen-bond donors (Lipinski definition) is 0. The average Bonchev–Trinajstić information content (AvgIpc) is 2.55. The van der Waals surface area contributed by atoms with Crippen LogP contribution in [-0.2, 0) is 39.3 Å². The van der Waals surface area contributed by atoms with Crippen molar-refractivity contribution >= 4 is 51.9 Å². The molecule has 11 heteroatoms. The topological polar surface area (TPSA) is 57.0 Å². The van der Waals surface area contributed by atoms with E-state index in [0.29, 0.717) is 5.69 Å². The Kier molecular flexibility index (Phi) is 14.4. The van der Waals surface area contributed by atoms with E-state index in [-0.39, 0.29) is 12.5 Å². The Morgan fingerprint density at radius 2 is 1.52 bits per heavy atom. The molecule has 0 aliphatic rings. The van der Waals surface area contributed by atoms with E-state index in [1.807, 2.05) is 18.2 Å². The molecule has 0 unspecified atom stereocenters. The predicted octanol–water partition coefficient (Wildman–Crippen LogP) is 5.63. The third-order valence-corrected chi connectivity index (χ3v) is 1.99. The fraction of sp³-hybridized carbons (Fsp3) is 0.0833. The second kappa shape index (κ2) is 13.9. The number of pyridine rings is 2. The maximum atomic E-state index is 11.6. The predicted molar refractivity (Wildman–Crippen MR) is 89.1 cm³/mol. The van der Waals surface area contributed by atoms with E-state index in [1.54, 1.807) is 50.6 Å². The van der Waals surface area contributed by atoms with Crippen molar-refractivity contribution in [3.05, 3.63) is 65.5 Å². The molecule has 0 aliphatic heterocycles. The molecule has 0 aliphatic carbocycles. The number of carbonyl (C=O) groups is 1. The van der Waals surface area contributed by atoms with Crippen molar-refractivity contribution in [2.45, 2.75) is 6.54 Å². The van der Waals surface area contributed by atoms with Crippen LogP contribution in [0.15, 0.2) is 48.8 Å². The molecule has 2 aromatic heterocycles. The van der Waals surface area contributed by atoms with Crippen LogP contribution in [0.2, 0.25) is 0 Å². The number of amides is 1. The summed E-state index contributed by atoms with van der Waals surface area (Å²) in [5, 5.41) is 3.90. The van der Waals surface area contributed by atoms with E-state index in [4.69, 9.17) is 36.8 Å². The van der Waals surface area contributed by atoms with E-state index >= 15 is 0 Å². The van der Waals surface area contributed by atoms with Crippen LogP contribution in [0.25, 0.3) is 5.32 Å². The van der Waals surface area contributed by atoms with Gasteiger partial charge in [0.05, 0.1) is 5.69 Å². The van der Waals surface area contributed by atoms with Gasteiger partial charge in [0.2, 0.25) is 0 Å². The first-order valence-electron chi connectivity index (χ1n) is 5.46. The first-order chi connectivity index (χ1) is 10.9. The molecular formula is C12H10Au2Cl5N3O-2. The van der Waals surface area contributed by atoms with Crippen molar-refractivity contribution in [1.82, 2.24) is 9.97 Å². The maximum absolute atomic E-state index is 11.6. The molecule has 0 saturated carbocycles. The van der Waals surface area contributed by atoms with E-state index in [2.05, 4.69) is 24.5 Å². The fourth-order valence-electron chi connectivity index (χ4n) is 1.21. The van der Waals surface area contributed by atoms with Gasteiger partial charge in [0.15, 0.2) is 0 Å². The van der Waals surface area contributed by atoms with Crippen LogP contribution < -0.4 is 0 Å². The Balaban J connectivity index is 0.000000594. The zero-order valence-corrected chi connectivity index (χ0v) is 19.2. The normalized spacial score (nSPS) is 10.4. The summed E-state index contributed by atoms with van der Waals surface area (Å²) < 4.78 is 0. The van der Waals surface area contributed by atoms with Gasteiger partial charge in [-0.15, -0.1) is 0 Å². The van der Waals surface area contributed by atoms with Gasteiger partial charge in [0.1, 0.15) is 5.91 Å². The Labute approximate surface area is 169 Å². The number of rotatable bonds is 3. The molecule has 0 aromatic carbocycles. The van der Waals surface area contributed by atoms with Crippen molar-refractivity contribution in [3.8, 4) is 0 Å². The molecule has 0 fully saturated rings. The van der Waals surface area contributed by atoms with Crippen LogP contribution in [0.4, 0.5) is 0 Å². The van der Waals surface area contributed by atoms with Crippen LogP contribution in [0.3, 0.4) is 0 Å². The number of nitrogens with zero attached hydrogens (tertiary/aromatic N) is 3. The van der Waals surface area contributed by atoms with Crippen LogP contribution in [0.1, 0.15) is 16.2 Å². The summed E-state index contributed by atoms with van der Waals surface area (Å²) in [5.74, 6) is -0.314. The molecule has 2 heterocycles. The van der Waals surface area contributed by atoms with Gasteiger partial charge in [-0.1, -0.05) is 18.7 Å². The van der Waals surface area contributed by atoms with Gasteiger partial charge < -0.3 is 10.1 Å². The van der Waals surface area contributed by atoms with E-state index < -0.39 is 12.8 Å². The quantitative estimate of drug-likeness (QED) is 0.380. The number of halogens is 5. The van der Waals surface area contributed by atoms with Crippen LogP contribution in [-0.4, -0.2) is 15.9 Å². The molecule has 0 spiro atoms. The molecule has 4 nitrogen and oxygen atoms in total. The van der Waals surface area contributed by atoms with E-state index in [9.17, 15) is 4.79 Å². The standard InChI is InChI=1S/C12H11N3O.2Au.5ClH/c16-12(11-6-2-4-8-14-11)15-9-10-5-1-3-7-13-10;;;;;;;/h1-8H,9H2,(H,15,16);;;5*1H/q;+1;+3;;;;;/p-6. The zero-order valence-electron chi connectivity index (χ0n) is 11.1. The first-order valence-corrected chi connectivity index (χ1v) is 18.9. The minimum atomic E-state index is -3.00. The second-order valence-corrected chi connectivity index (χ2v) is 22.2. The van der Waals surface area contributed by atoms with Gasteiger partial charge in [-0.2, -0.15) is 0 Å². The molecule has 1 amide bonds. The summed E-state index contributed by atoms with van der Waals surface area (Å²) in [6, 6.07) is 10.7. The SMILES string of the molecule is O=C([N-]Cc1ccccn1)c1ccccn1.[Cl][Au-]([Cl])([Cl])[Cl].[Cl][Au]. The Morgan fingerprint density at radius 3 is 1.96 bits per heavy atom. The summed E-state index contributed by atoms with van der Waals surface area (Å²) in [6.07, 6.45) is 3.25. The molecule has 0 N–H and O–H groups in total. The van der Waals surface area contributed by atoms with Gasteiger partial charge in [-0.25, -0.2) is 0 Å². The second-order valence-electron chi connectivity index (χ2n) is 3.42. The van der Waals surface area contributed by atoms with E-state index in [1.165, 1.54) is 0 Å². The summed E-state index contributed by atoms with van der Waals surface area (Å²) in [5.41, 5.74) is 1.13. The molecule has 0 atom stereocenters. The molecule has 23 heavy (non-hydrogen) atoms. The zero-order chi connectivity index (χ0) is 17.7. The molecule has 2 rings (SSSR count). The van der Waals surface area contributed by atoms with Crippen molar-refractivity contribution in [2.75, 3.05) is 0 Å². The molecule has 0 bridgehead atoms. The monoisotopic (exact) mass is 781 g/mol. The van der Waals surface area contributed by atoms with Gasteiger partial charge in [-0.3, -0.25) is 9.97 Å². The fourth-order valence-corrected chi connectivity index (χ4v) is 1.21. The van der Waals surface area contributed by atoms with Crippen molar-refractivity contribution < 1.29 is 37.6 Å². The third kappa shape index (κ3) is 14.7. The van der Waals surface area contributed by atoms with Gasteiger partial charge in [-0.05, 0) is 24.3 Å². The first kappa shape index (κ1) is 23.7. The summed E-state index contributed by atoms with van der Waals surface area (Å²) in [7, 11) is 24.6. The van der Waals surface area contributed by atoms with Crippen molar-refractivity contribution in [3.63, 3.8) is 0 Å². The summed E-state index contributed by atoms with van der Waals surface area (Å²) in [4.78, 5) is 19.6. The van der Waals surface area contributed by atoms with Crippen molar-refractivity contribution in [1.29, 1.82) is 0 Å². The molecule has 0 saturated heterocycles. The number of aromatic nitrogens is 2. The Morgan fingerprint density at radius 1 is 1.00 bits per heavy atom. The van der Waals surface area contributed by atoms with Crippen LogP contribution >= 0.6 is 45.9 Å². The molecule has 138 valence electrons. The van der Waals surface area contributed by atoms with Gasteiger partial charge in [0.25, 0.3) is 0 Å².